The molecule has 1 N–H and O–H groups in total. The first kappa shape index (κ1) is 15.3. The molecule has 1 saturated heterocycles. The van der Waals surface area contributed by atoms with Crippen LogP contribution in [0, 0.1) is 0 Å². The van der Waals surface area contributed by atoms with Gasteiger partial charge in [-0.15, -0.1) is 11.3 Å². The molecule has 1 aliphatic rings. The van der Waals surface area contributed by atoms with Crippen molar-refractivity contribution in [2.75, 3.05) is 19.6 Å². The summed E-state index contributed by atoms with van der Waals surface area (Å²) < 4.78 is 5.33. The van der Waals surface area contributed by atoms with Crippen molar-refractivity contribution >= 4 is 17.4 Å². The average molecular weight is 297 g/mol. The van der Waals surface area contributed by atoms with E-state index in [0.717, 1.165) is 24.6 Å². The number of carbonyl (C=O) groups is 1. The summed E-state index contributed by atoms with van der Waals surface area (Å²) in [5, 5.41) is 6.63. The zero-order valence-corrected chi connectivity index (χ0v) is 13.4. The predicted molar refractivity (Wildman–Crippen MR) is 80.1 cm³/mol. The van der Waals surface area contributed by atoms with Gasteiger partial charge in [0.15, 0.2) is 0 Å². The topological polar surface area (TPSA) is 54.5 Å². The second-order valence-electron chi connectivity index (χ2n) is 6.26. The molecule has 6 heteroatoms. The summed E-state index contributed by atoms with van der Waals surface area (Å²) in [4.78, 5) is 17.8. The summed E-state index contributed by atoms with van der Waals surface area (Å²) >= 11 is 1.68. The lowest BCUT2D eigenvalue weighted by Crippen LogP contribution is -2.60. The van der Waals surface area contributed by atoms with Crippen LogP contribution in [0.2, 0.25) is 0 Å². The van der Waals surface area contributed by atoms with Crippen LogP contribution >= 0.6 is 11.3 Å². The molecule has 0 bridgehead atoms. The Bertz CT molecular complexity index is 436. The molecular formula is C14H23N3O2S. The molecule has 0 aromatic carbocycles. The highest BCUT2D eigenvalue weighted by Crippen LogP contribution is 2.18. The normalized spacial score (nSPS) is 17.7. The Morgan fingerprint density at radius 3 is 2.85 bits per heavy atom. The van der Waals surface area contributed by atoms with Crippen LogP contribution in [0.3, 0.4) is 0 Å². The number of hydrogen-bond acceptors (Lipinski definition) is 5. The first-order valence-corrected chi connectivity index (χ1v) is 7.84. The van der Waals surface area contributed by atoms with Crippen molar-refractivity contribution < 1.29 is 9.53 Å². The quantitative estimate of drug-likeness (QED) is 0.927. The number of nitrogens with zero attached hydrogens (tertiary/aromatic N) is 2. The minimum atomic E-state index is -0.422. The minimum absolute atomic E-state index is 0.219. The second-order valence-corrected chi connectivity index (χ2v) is 7.19. The highest BCUT2D eigenvalue weighted by atomic mass is 32.1. The van der Waals surface area contributed by atoms with E-state index in [1.54, 1.807) is 16.2 Å². The van der Waals surface area contributed by atoms with Gasteiger partial charge < -0.3 is 15.0 Å². The number of likely N-dealkylation sites (tertiary alicyclic amines) is 1. The summed E-state index contributed by atoms with van der Waals surface area (Å²) in [7, 11) is 0. The molecule has 1 unspecified atom stereocenters. The number of rotatable bonds is 4. The highest BCUT2D eigenvalue weighted by molar-refractivity contribution is 7.09. The Balaban J connectivity index is 1.66. The Hall–Kier alpha value is -1.14. The largest absolute Gasteiger partial charge is 0.444 e. The third-order valence-electron chi connectivity index (χ3n) is 3.12. The van der Waals surface area contributed by atoms with Crippen LogP contribution in [0.15, 0.2) is 11.6 Å². The second kappa shape index (κ2) is 6.10. The number of thiazole rings is 1. The van der Waals surface area contributed by atoms with Gasteiger partial charge in [0.2, 0.25) is 0 Å². The molecule has 5 nitrogen and oxygen atoms in total. The highest BCUT2D eigenvalue weighted by Gasteiger charge is 2.33. The summed E-state index contributed by atoms with van der Waals surface area (Å²) in [5.74, 6) is 0.408. The van der Waals surface area contributed by atoms with Crippen molar-refractivity contribution in [2.45, 2.75) is 45.3 Å². The van der Waals surface area contributed by atoms with Crippen LogP contribution in [-0.4, -0.2) is 47.3 Å². The fraction of sp³-hybridized carbons (Fsp3) is 0.714. The maximum atomic E-state index is 11.8. The Labute approximate surface area is 124 Å². The average Bonchev–Trinajstić information content (AvgIpc) is 2.77. The third kappa shape index (κ3) is 4.18. The first-order valence-electron chi connectivity index (χ1n) is 6.96. The van der Waals surface area contributed by atoms with Gasteiger partial charge in [-0.05, 0) is 20.8 Å². The van der Waals surface area contributed by atoms with E-state index in [9.17, 15) is 4.79 Å². The van der Waals surface area contributed by atoms with E-state index in [2.05, 4.69) is 17.2 Å². The monoisotopic (exact) mass is 297 g/mol. The van der Waals surface area contributed by atoms with Gasteiger partial charge in [0.1, 0.15) is 5.60 Å². The smallest absolute Gasteiger partial charge is 0.410 e. The van der Waals surface area contributed by atoms with Crippen LogP contribution in [0.4, 0.5) is 4.79 Å². The summed E-state index contributed by atoms with van der Waals surface area (Å²) in [6.07, 6.45) is 1.62. The molecule has 0 saturated carbocycles. The van der Waals surface area contributed by atoms with Crippen LogP contribution in [0.1, 0.15) is 38.6 Å². The molecule has 0 spiro atoms. The van der Waals surface area contributed by atoms with Gasteiger partial charge in [-0.1, -0.05) is 6.92 Å². The molecule has 2 heterocycles. The SMILES string of the molecule is CC(CNC1CN(C(=O)OC(C)(C)C)C1)c1nccs1. The molecule has 1 aliphatic heterocycles. The van der Waals surface area contributed by atoms with Gasteiger partial charge in [0, 0.05) is 43.2 Å². The first-order chi connectivity index (χ1) is 9.35. The van der Waals surface area contributed by atoms with Crippen LogP contribution in [0.5, 0.6) is 0 Å². The zero-order chi connectivity index (χ0) is 14.8. The molecule has 0 aliphatic carbocycles. The van der Waals surface area contributed by atoms with E-state index < -0.39 is 5.60 Å². The molecule has 20 heavy (non-hydrogen) atoms. The maximum Gasteiger partial charge on any atom is 0.410 e. The summed E-state index contributed by atoms with van der Waals surface area (Å²) in [6.45, 7) is 10.2. The molecule has 0 radical (unpaired) electrons. The molecule has 1 amide bonds. The van der Waals surface area contributed by atoms with E-state index in [-0.39, 0.29) is 6.09 Å². The minimum Gasteiger partial charge on any atom is -0.444 e. The van der Waals surface area contributed by atoms with Crippen molar-refractivity contribution in [1.82, 2.24) is 15.2 Å². The van der Waals surface area contributed by atoms with Gasteiger partial charge >= 0.3 is 6.09 Å². The summed E-state index contributed by atoms with van der Waals surface area (Å²) in [6, 6.07) is 0.366. The fourth-order valence-electron chi connectivity index (χ4n) is 1.99. The van der Waals surface area contributed by atoms with Gasteiger partial charge in [-0.3, -0.25) is 0 Å². The van der Waals surface area contributed by atoms with Crippen molar-refractivity contribution in [2.24, 2.45) is 0 Å². The van der Waals surface area contributed by atoms with E-state index in [1.165, 1.54) is 0 Å². The van der Waals surface area contributed by atoms with E-state index in [0.29, 0.717) is 12.0 Å². The van der Waals surface area contributed by atoms with Crippen molar-refractivity contribution in [1.29, 1.82) is 0 Å². The molecule has 1 atom stereocenters. The van der Waals surface area contributed by atoms with Crippen LogP contribution < -0.4 is 5.32 Å². The number of nitrogens with one attached hydrogen (secondary N) is 1. The lowest BCUT2D eigenvalue weighted by Gasteiger charge is -2.40. The molecule has 112 valence electrons. The lowest BCUT2D eigenvalue weighted by molar-refractivity contribution is 0.00529. The number of hydrogen-bond donors (Lipinski definition) is 1. The fourth-order valence-corrected chi connectivity index (χ4v) is 2.69. The van der Waals surface area contributed by atoms with Crippen LogP contribution in [0.25, 0.3) is 0 Å². The zero-order valence-electron chi connectivity index (χ0n) is 12.5. The standard InChI is InChI=1S/C14H23N3O2S/c1-10(12-15-5-6-20-12)7-16-11-8-17(9-11)13(18)19-14(2,3)4/h5-6,10-11,16H,7-9H2,1-4H3. The third-order valence-corrected chi connectivity index (χ3v) is 4.13. The Morgan fingerprint density at radius 1 is 1.60 bits per heavy atom. The molecule has 1 fully saturated rings. The number of amides is 1. The number of ether oxygens (including phenoxy) is 1. The molecular weight excluding hydrogens is 274 g/mol. The summed E-state index contributed by atoms with van der Waals surface area (Å²) in [5.41, 5.74) is -0.422. The van der Waals surface area contributed by atoms with Crippen molar-refractivity contribution in [3.63, 3.8) is 0 Å². The van der Waals surface area contributed by atoms with E-state index in [1.807, 2.05) is 32.3 Å². The van der Waals surface area contributed by atoms with Gasteiger partial charge in [-0.25, -0.2) is 9.78 Å². The van der Waals surface area contributed by atoms with Crippen molar-refractivity contribution in [3.05, 3.63) is 16.6 Å². The van der Waals surface area contributed by atoms with Gasteiger partial charge in [0.25, 0.3) is 0 Å². The number of carbonyl (C=O) groups excluding carboxylic acids is 1. The van der Waals surface area contributed by atoms with E-state index >= 15 is 0 Å². The van der Waals surface area contributed by atoms with Crippen LogP contribution in [-0.2, 0) is 4.74 Å². The predicted octanol–water partition coefficient (Wildman–Crippen LogP) is 2.46. The molecule has 1 aromatic rings. The molecule has 2 rings (SSSR count). The van der Waals surface area contributed by atoms with Crippen molar-refractivity contribution in [3.8, 4) is 0 Å². The van der Waals surface area contributed by atoms with Gasteiger partial charge in [0.05, 0.1) is 5.01 Å². The lowest BCUT2D eigenvalue weighted by atomic mass is 10.1. The van der Waals surface area contributed by atoms with E-state index in [4.69, 9.17) is 4.74 Å². The number of aromatic nitrogens is 1. The molecule has 1 aromatic heterocycles. The van der Waals surface area contributed by atoms with Gasteiger partial charge in [-0.2, -0.15) is 0 Å². The Morgan fingerprint density at radius 2 is 2.30 bits per heavy atom. The maximum absolute atomic E-state index is 11.8. The Kier molecular flexibility index (Phi) is 4.65.